The van der Waals surface area contributed by atoms with E-state index in [1.807, 2.05) is 6.92 Å². The second-order valence-electron chi connectivity index (χ2n) is 5.96. The first-order valence-electron chi connectivity index (χ1n) is 7.62. The van der Waals surface area contributed by atoms with E-state index in [4.69, 9.17) is 4.74 Å². The smallest absolute Gasteiger partial charge is 0.333 e. The fourth-order valence-corrected chi connectivity index (χ4v) is 3.18. The van der Waals surface area contributed by atoms with E-state index in [1.54, 1.807) is 6.92 Å². The number of rotatable bonds is 4. The summed E-state index contributed by atoms with van der Waals surface area (Å²) in [6.45, 7) is 7.26. The summed E-state index contributed by atoms with van der Waals surface area (Å²) in [5.74, 6) is -0.0348. The Bertz CT molecular complexity index is 684. The molecule has 1 aliphatic rings. The van der Waals surface area contributed by atoms with Gasteiger partial charge in [0.1, 0.15) is 6.10 Å². The molecule has 1 atom stereocenters. The van der Waals surface area contributed by atoms with Crippen LogP contribution in [-0.4, -0.2) is 12.1 Å². The maximum atomic E-state index is 11.7. The highest BCUT2D eigenvalue weighted by Gasteiger charge is 2.29. The highest BCUT2D eigenvalue weighted by Crippen LogP contribution is 2.46. The Morgan fingerprint density at radius 3 is 2.09 bits per heavy atom. The molecule has 112 valence electrons. The molecule has 0 fully saturated rings. The summed E-state index contributed by atoms with van der Waals surface area (Å²) in [4.78, 5) is 11.7. The number of ether oxygens (including phenoxy) is 1. The van der Waals surface area contributed by atoms with Gasteiger partial charge >= 0.3 is 5.97 Å². The van der Waals surface area contributed by atoms with Gasteiger partial charge in [-0.2, -0.15) is 0 Å². The van der Waals surface area contributed by atoms with Gasteiger partial charge in [0.15, 0.2) is 0 Å². The van der Waals surface area contributed by atoms with Crippen LogP contribution >= 0.6 is 0 Å². The molecule has 0 aromatic heterocycles. The van der Waals surface area contributed by atoms with Crippen molar-refractivity contribution in [1.82, 2.24) is 0 Å². The second kappa shape index (κ2) is 5.80. The molecule has 0 spiro atoms. The van der Waals surface area contributed by atoms with Crippen LogP contribution in [0.1, 0.15) is 37.3 Å². The van der Waals surface area contributed by atoms with Gasteiger partial charge < -0.3 is 4.74 Å². The van der Waals surface area contributed by atoms with Gasteiger partial charge in [-0.05, 0) is 42.5 Å². The van der Waals surface area contributed by atoms with Crippen molar-refractivity contribution in [3.63, 3.8) is 0 Å². The van der Waals surface area contributed by atoms with E-state index >= 15 is 0 Å². The number of benzene rings is 2. The van der Waals surface area contributed by atoms with E-state index in [9.17, 15) is 4.79 Å². The van der Waals surface area contributed by atoms with E-state index in [2.05, 4.69) is 55.1 Å². The minimum atomic E-state index is -0.313. The summed E-state index contributed by atoms with van der Waals surface area (Å²) < 4.78 is 5.47. The number of esters is 1. The van der Waals surface area contributed by atoms with Crippen molar-refractivity contribution in [3.05, 3.63) is 71.8 Å². The number of fused-ring (bicyclic) bond motifs is 3. The molecule has 0 aliphatic heterocycles. The average Bonchev–Trinajstić information content (AvgIpc) is 2.82. The largest absolute Gasteiger partial charge is 0.459 e. The highest BCUT2D eigenvalue weighted by atomic mass is 16.5. The summed E-state index contributed by atoms with van der Waals surface area (Å²) in [7, 11) is 0. The zero-order chi connectivity index (χ0) is 15.7. The maximum absolute atomic E-state index is 11.7. The van der Waals surface area contributed by atoms with Gasteiger partial charge in [0.05, 0.1) is 0 Å². The molecule has 22 heavy (non-hydrogen) atoms. The lowest BCUT2D eigenvalue weighted by Crippen LogP contribution is -2.18. The molecule has 3 rings (SSSR count). The highest BCUT2D eigenvalue weighted by molar-refractivity contribution is 5.87. The van der Waals surface area contributed by atoms with Crippen LogP contribution in [0.4, 0.5) is 0 Å². The lowest BCUT2D eigenvalue weighted by atomic mass is 9.91. The van der Waals surface area contributed by atoms with Crippen molar-refractivity contribution in [2.75, 3.05) is 0 Å². The number of hydrogen-bond donors (Lipinski definition) is 0. The van der Waals surface area contributed by atoms with E-state index < -0.39 is 0 Å². The van der Waals surface area contributed by atoms with Crippen LogP contribution < -0.4 is 0 Å². The third-order valence-electron chi connectivity index (χ3n) is 4.19. The molecule has 0 amide bonds. The van der Waals surface area contributed by atoms with Gasteiger partial charge in [0, 0.05) is 11.5 Å². The number of carbonyl (C=O) groups is 1. The lowest BCUT2D eigenvalue weighted by Gasteiger charge is -2.19. The van der Waals surface area contributed by atoms with Crippen LogP contribution in [0.3, 0.4) is 0 Å². The Morgan fingerprint density at radius 2 is 1.59 bits per heavy atom. The van der Waals surface area contributed by atoms with Crippen LogP contribution in [0.25, 0.3) is 11.1 Å². The normalized spacial score (nSPS) is 14.1. The van der Waals surface area contributed by atoms with Crippen LogP contribution in [-0.2, 0) is 9.53 Å². The molecule has 2 aromatic carbocycles. The molecule has 0 saturated heterocycles. The summed E-state index contributed by atoms with van der Waals surface area (Å²) >= 11 is 0. The summed E-state index contributed by atoms with van der Waals surface area (Å²) in [6.07, 6.45) is 0.640. The van der Waals surface area contributed by atoms with Crippen molar-refractivity contribution < 1.29 is 9.53 Å². The van der Waals surface area contributed by atoms with E-state index in [0.717, 1.165) is 6.42 Å². The first kappa shape index (κ1) is 14.6. The van der Waals surface area contributed by atoms with Crippen molar-refractivity contribution in [3.8, 4) is 11.1 Å². The Balaban J connectivity index is 1.88. The predicted molar refractivity (Wildman–Crippen MR) is 88.7 cm³/mol. The first-order chi connectivity index (χ1) is 10.6. The molecule has 2 aromatic rings. The molecule has 1 unspecified atom stereocenters. The van der Waals surface area contributed by atoms with Crippen LogP contribution in [0, 0.1) is 0 Å². The molecule has 1 aliphatic carbocycles. The molecule has 0 saturated carbocycles. The third kappa shape index (κ3) is 2.57. The van der Waals surface area contributed by atoms with Gasteiger partial charge in [-0.1, -0.05) is 55.1 Å². The molecule has 0 bridgehead atoms. The molecule has 0 N–H and O–H groups in total. The van der Waals surface area contributed by atoms with E-state index in [1.165, 1.54) is 22.3 Å². The van der Waals surface area contributed by atoms with Gasteiger partial charge in [-0.25, -0.2) is 4.79 Å². The zero-order valence-corrected chi connectivity index (χ0v) is 13.0. The van der Waals surface area contributed by atoms with Gasteiger partial charge in [-0.15, -0.1) is 0 Å². The fraction of sp³-hybridized carbons (Fsp3) is 0.250. The van der Waals surface area contributed by atoms with Crippen molar-refractivity contribution in [2.24, 2.45) is 0 Å². The quantitative estimate of drug-likeness (QED) is 0.603. The molecule has 0 radical (unpaired) electrons. The summed E-state index contributed by atoms with van der Waals surface area (Å²) in [6, 6.07) is 17.0. The third-order valence-corrected chi connectivity index (χ3v) is 4.19. The predicted octanol–water partition coefficient (Wildman–Crippen LogP) is 4.70. The standard InChI is InChI=1S/C20H20O2/c1-13(2)20(21)22-14(3)12-19-17-10-6-4-8-15(17)16-9-5-7-11-18(16)19/h4-11,14,19H,1,12H2,2-3H3. The minimum absolute atomic E-state index is 0.145. The SMILES string of the molecule is C=C(C)C(=O)OC(C)CC1c2ccccc2-c2ccccc21. The first-order valence-corrected chi connectivity index (χ1v) is 7.62. The molecular weight excluding hydrogens is 272 g/mol. The Hall–Kier alpha value is -2.35. The van der Waals surface area contributed by atoms with Gasteiger partial charge in [0.25, 0.3) is 0 Å². The van der Waals surface area contributed by atoms with E-state index in [0.29, 0.717) is 5.57 Å². The van der Waals surface area contributed by atoms with Crippen molar-refractivity contribution >= 4 is 5.97 Å². The number of hydrogen-bond acceptors (Lipinski definition) is 2. The monoisotopic (exact) mass is 292 g/mol. The average molecular weight is 292 g/mol. The Morgan fingerprint density at radius 1 is 1.09 bits per heavy atom. The molecule has 2 nitrogen and oxygen atoms in total. The number of carbonyl (C=O) groups excluding carboxylic acids is 1. The molecule has 2 heteroatoms. The van der Waals surface area contributed by atoms with E-state index in [-0.39, 0.29) is 18.0 Å². The lowest BCUT2D eigenvalue weighted by molar-refractivity contribution is -0.143. The minimum Gasteiger partial charge on any atom is -0.459 e. The Labute approximate surface area is 131 Å². The Kier molecular flexibility index (Phi) is 3.84. The van der Waals surface area contributed by atoms with Crippen LogP contribution in [0.2, 0.25) is 0 Å². The second-order valence-corrected chi connectivity index (χ2v) is 5.96. The molecule has 0 heterocycles. The zero-order valence-electron chi connectivity index (χ0n) is 13.0. The van der Waals surface area contributed by atoms with Crippen molar-refractivity contribution in [2.45, 2.75) is 32.3 Å². The summed E-state index contributed by atoms with van der Waals surface area (Å²) in [5, 5.41) is 0. The van der Waals surface area contributed by atoms with Gasteiger partial charge in [-0.3, -0.25) is 0 Å². The van der Waals surface area contributed by atoms with Crippen molar-refractivity contribution in [1.29, 1.82) is 0 Å². The van der Waals surface area contributed by atoms with Gasteiger partial charge in [0.2, 0.25) is 0 Å². The fourth-order valence-electron chi connectivity index (χ4n) is 3.18. The topological polar surface area (TPSA) is 26.3 Å². The maximum Gasteiger partial charge on any atom is 0.333 e. The van der Waals surface area contributed by atoms with Crippen LogP contribution in [0.15, 0.2) is 60.7 Å². The summed E-state index contributed by atoms with van der Waals surface area (Å²) in [5.41, 5.74) is 5.67. The molecular formula is C20H20O2. The van der Waals surface area contributed by atoms with Crippen LogP contribution in [0.5, 0.6) is 0 Å².